The van der Waals surface area contributed by atoms with E-state index in [0.29, 0.717) is 10.7 Å². The Labute approximate surface area is 104 Å². The zero-order valence-electron chi connectivity index (χ0n) is 8.96. The Morgan fingerprint density at radius 3 is 2.75 bits per heavy atom. The second kappa shape index (κ2) is 4.76. The van der Waals surface area contributed by atoms with Crippen molar-refractivity contribution in [3.63, 3.8) is 0 Å². The van der Waals surface area contributed by atoms with Gasteiger partial charge in [0, 0.05) is 16.3 Å². The second-order valence-electron chi connectivity index (χ2n) is 3.57. The molecule has 0 unspecified atom stereocenters. The van der Waals surface area contributed by atoms with Gasteiger partial charge >= 0.3 is 0 Å². The third-order valence-electron chi connectivity index (χ3n) is 2.28. The maximum Gasteiger partial charge on any atom is 0.0766 e. The van der Waals surface area contributed by atoms with Crippen molar-refractivity contribution in [2.45, 2.75) is 13.5 Å². The summed E-state index contributed by atoms with van der Waals surface area (Å²) in [5.41, 5.74) is 7.34. The lowest BCUT2D eigenvalue weighted by molar-refractivity contribution is 1.19. The van der Waals surface area contributed by atoms with Gasteiger partial charge in [0.1, 0.15) is 0 Å². The molecule has 0 spiro atoms. The smallest absolute Gasteiger partial charge is 0.0766 e. The van der Waals surface area contributed by atoms with E-state index < -0.39 is 0 Å². The van der Waals surface area contributed by atoms with Gasteiger partial charge in [-0.05, 0) is 31.2 Å². The number of halogens is 1. The second-order valence-corrected chi connectivity index (χ2v) is 5.35. The van der Waals surface area contributed by atoms with E-state index in [-0.39, 0.29) is 0 Å². The number of anilines is 2. The fourth-order valence-electron chi connectivity index (χ4n) is 1.48. The first-order chi connectivity index (χ1) is 7.66. The number of thiophene rings is 1. The minimum atomic E-state index is 0.660. The zero-order chi connectivity index (χ0) is 11.5. The lowest BCUT2D eigenvalue weighted by Crippen LogP contribution is -2.01. The Morgan fingerprint density at radius 2 is 2.12 bits per heavy atom. The van der Waals surface area contributed by atoms with E-state index >= 15 is 0 Å². The summed E-state index contributed by atoms with van der Waals surface area (Å²) in [7, 11) is 0. The van der Waals surface area contributed by atoms with Crippen LogP contribution in [0.15, 0.2) is 30.3 Å². The Kier molecular flexibility index (Phi) is 3.36. The van der Waals surface area contributed by atoms with Crippen LogP contribution in [-0.2, 0) is 6.54 Å². The van der Waals surface area contributed by atoms with E-state index in [4.69, 9.17) is 17.3 Å². The number of aryl methyl sites for hydroxylation is 1. The summed E-state index contributed by atoms with van der Waals surface area (Å²) in [5.74, 6) is 0. The fourth-order valence-corrected chi connectivity index (χ4v) is 2.56. The Balaban J connectivity index is 2.10. The molecule has 1 aromatic heterocycles. The summed E-state index contributed by atoms with van der Waals surface area (Å²) in [6.45, 7) is 2.85. The molecule has 0 atom stereocenters. The molecule has 2 rings (SSSR count). The molecule has 2 nitrogen and oxygen atoms in total. The average molecular weight is 253 g/mol. The number of nitrogens with two attached hydrogens (primary N) is 1. The van der Waals surface area contributed by atoms with Crippen LogP contribution in [0.2, 0.25) is 5.02 Å². The summed E-state index contributed by atoms with van der Waals surface area (Å²) in [6.07, 6.45) is 0. The van der Waals surface area contributed by atoms with Crippen LogP contribution < -0.4 is 11.1 Å². The van der Waals surface area contributed by atoms with Crippen molar-refractivity contribution < 1.29 is 0 Å². The van der Waals surface area contributed by atoms with Gasteiger partial charge in [0.05, 0.1) is 16.4 Å². The van der Waals surface area contributed by atoms with Gasteiger partial charge in [-0.1, -0.05) is 17.7 Å². The normalized spacial score (nSPS) is 10.4. The van der Waals surface area contributed by atoms with Crippen LogP contribution in [0.25, 0.3) is 0 Å². The van der Waals surface area contributed by atoms with Gasteiger partial charge in [-0.25, -0.2) is 0 Å². The first-order valence-corrected chi connectivity index (χ1v) is 6.19. The molecule has 1 aromatic carbocycles. The van der Waals surface area contributed by atoms with Gasteiger partial charge < -0.3 is 11.1 Å². The Morgan fingerprint density at radius 1 is 1.31 bits per heavy atom. The molecule has 4 heteroatoms. The highest BCUT2D eigenvalue weighted by Gasteiger charge is 2.04. The summed E-state index contributed by atoms with van der Waals surface area (Å²) in [4.78, 5) is 2.58. The van der Waals surface area contributed by atoms with E-state index in [1.807, 2.05) is 18.2 Å². The molecule has 0 aliphatic heterocycles. The molecule has 0 saturated carbocycles. The predicted octanol–water partition coefficient (Wildman–Crippen LogP) is 3.90. The van der Waals surface area contributed by atoms with E-state index in [2.05, 4.69) is 24.4 Å². The Bertz CT molecular complexity index is 473. The summed E-state index contributed by atoms with van der Waals surface area (Å²) < 4.78 is 0. The number of nitrogen functional groups attached to an aromatic ring is 1. The predicted molar refractivity (Wildman–Crippen MR) is 72.2 cm³/mol. The highest BCUT2D eigenvalue weighted by atomic mass is 35.5. The standard InChI is InChI=1S/C12H13ClN2S/c1-8-5-6-9(16-8)7-15-12-10(13)3-2-4-11(12)14/h2-6,15H,7,14H2,1H3. The van der Waals surface area contributed by atoms with Gasteiger partial charge in [-0.3, -0.25) is 0 Å². The molecule has 0 amide bonds. The molecule has 1 heterocycles. The van der Waals surface area contributed by atoms with Crippen LogP contribution in [0.1, 0.15) is 9.75 Å². The average Bonchev–Trinajstić information content (AvgIpc) is 2.63. The maximum absolute atomic E-state index is 6.06. The van der Waals surface area contributed by atoms with Crippen LogP contribution in [-0.4, -0.2) is 0 Å². The van der Waals surface area contributed by atoms with E-state index in [1.165, 1.54) is 9.75 Å². The summed E-state index contributed by atoms with van der Waals surface area (Å²) >= 11 is 7.83. The lowest BCUT2D eigenvalue weighted by Gasteiger charge is -2.09. The van der Waals surface area contributed by atoms with Crippen LogP contribution in [0.4, 0.5) is 11.4 Å². The quantitative estimate of drug-likeness (QED) is 0.813. The SMILES string of the molecule is Cc1ccc(CNc2c(N)cccc2Cl)s1. The minimum absolute atomic E-state index is 0.660. The highest BCUT2D eigenvalue weighted by molar-refractivity contribution is 7.11. The summed E-state index contributed by atoms with van der Waals surface area (Å²) in [5, 5.41) is 3.92. The number of nitrogens with one attached hydrogen (secondary N) is 1. The fraction of sp³-hybridized carbons (Fsp3) is 0.167. The molecule has 0 aliphatic rings. The van der Waals surface area contributed by atoms with Crippen LogP contribution in [0, 0.1) is 6.92 Å². The number of benzene rings is 1. The van der Waals surface area contributed by atoms with Crippen LogP contribution in [0.3, 0.4) is 0 Å². The molecule has 16 heavy (non-hydrogen) atoms. The van der Waals surface area contributed by atoms with Crippen molar-refractivity contribution in [1.29, 1.82) is 0 Å². The maximum atomic E-state index is 6.06. The molecule has 0 aliphatic carbocycles. The Hall–Kier alpha value is -1.19. The first-order valence-electron chi connectivity index (χ1n) is 5.00. The van der Waals surface area contributed by atoms with Crippen molar-refractivity contribution in [2.75, 3.05) is 11.1 Å². The molecule has 84 valence electrons. The summed E-state index contributed by atoms with van der Waals surface area (Å²) in [6, 6.07) is 9.74. The highest BCUT2D eigenvalue weighted by Crippen LogP contribution is 2.28. The topological polar surface area (TPSA) is 38.0 Å². The molecular weight excluding hydrogens is 240 g/mol. The monoisotopic (exact) mass is 252 g/mol. The molecule has 3 N–H and O–H groups in total. The number of hydrogen-bond acceptors (Lipinski definition) is 3. The van der Waals surface area contributed by atoms with Crippen LogP contribution >= 0.6 is 22.9 Å². The lowest BCUT2D eigenvalue weighted by atomic mass is 10.2. The van der Waals surface area contributed by atoms with Crippen molar-refractivity contribution >= 4 is 34.3 Å². The van der Waals surface area contributed by atoms with E-state index in [1.54, 1.807) is 11.3 Å². The molecule has 2 aromatic rings. The number of hydrogen-bond donors (Lipinski definition) is 2. The molecule has 0 saturated heterocycles. The van der Waals surface area contributed by atoms with Crippen molar-refractivity contribution in [3.05, 3.63) is 45.1 Å². The number of para-hydroxylation sites is 1. The third-order valence-corrected chi connectivity index (χ3v) is 3.60. The number of rotatable bonds is 3. The van der Waals surface area contributed by atoms with E-state index in [0.717, 1.165) is 12.2 Å². The zero-order valence-corrected chi connectivity index (χ0v) is 10.5. The molecular formula is C12H13ClN2S. The van der Waals surface area contributed by atoms with Crippen molar-refractivity contribution in [1.82, 2.24) is 0 Å². The van der Waals surface area contributed by atoms with E-state index in [9.17, 15) is 0 Å². The minimum Gasteiger partial charge on any atom is -0.397 e. The van der Waals surface area contributed by atoms with Gasteiger partial charge in [-0.2, -0.15) is 0 Å². The van der Waals surface area contributed by atoms with Crippen molar-refractivity contribution in [3.8, 4) is 0 Å². The van der Waals surface area contributed by atoms with Gasteiger partial charge in [0.25, 0.3) is 0 Å². The van der Waals surface area contributed by atoms with Crippen LogP contribution in [0.5, 0.6) is 0 Å². The van der Waals surface area contributed by atoms with Crippen molar-refractivity contribution in [2.24, 2.45) is 0 Å². The van der Waals surface area contributed by atoms with Gasteiger partial charge in [0.2, 0.25) is 0 Å². The first kappa shape index (κ1) is 11.3. The molecule has 0 fully saturated rings. The molecule has 0 radical (unpaired) electrons. The van der Waals surface area contributed by atoms with Gasteiger partial charge in [-0.15, -0.1) is 11.3 Å². The largest absolute Gasteiger partial charge is 0.397 e. The molecule has 0 bridgehead atoms. The van der Waals surface area contributed by atoms with Gasteiger partial charge in [0.15, 0.2) is 0 Å². The third kappa shape index (κ3) is 2.49.